The number of hydrogen-bond acceptors (Lipinski definition) is 4. The molecule has 26 heavy (non-hydrogen) atoms. The molecule has 1 aromatic heterocycles. The van der Waals surface area contributed by atoms with E-state index < -0.39 is 0 Å². The number of ether oxygens (including phenoxy) is 1. The van der Waals surface area contributed by atoms with Gasteiger partial charge < -0.3 is 15.0 Å². The highest BCUT2D eigenvalue weighted by molar-refractivity contribution is 6.05. The predicted molar refractivity (Wildman–Crippen MR) is 99.6 cm³/mol. The van der Waals surface area contributed by atoms with Crippen LogP contribution in [-0.2, 0) is 0 Å². The molecule has 2 aromatic rings. The van der Waals surface area contributed by atoms with Crippen molar-refractivity contribution >= 4 is 17.5 Å². The number of nitrogens with one attached hydrogen (secondary N) is 1. The molecule has 3 rings (SSSR count). The van der Waals surface area contributed by atoms with E-state index in [-0.39, 0.29) is 11.8 Å². The van der Waals surface area contributed by atoms with E-state index in [1.165, 1.54) is 6.20 Å². The van der Waals surface area contributed by atoms with Gasteiger partial charge in [0.25, 0.3) is 11.8 Å². The lowest BCUT2D eigenvalue weighted by Gasteiger charge is -2.26. The van der Waals surface area contributed by atoms with Crippen LogP contribution in [0.2, 0.25) is 0 Å². The molecule has 2 amide bonds. The number of benzene rings is 1. The molecule has 6 heteroatoms. The standard InChI is InChI=1S/C20H23N3O3/c1-2-26-17-8-6-16(7-9-17)22-19(24)15-10-11-21-18(14-15)20(25)23-12-4-3-5-13-23/h6-11,14H,2-5,12-13H2,1H3,(H,22,24). The summed E-state index contributed by atoms with van der Waals surface area (Å²) in [6, 6.07) is 10.3. The van der Waals surface area contributed by atoms with Gasteiger partial charge in [-0.2, -0.15) is 0 Å². The molecule has 1 aromatic carbocycles. The molecule has 0 atom stereocenters. The SMILES string of the molecule is CCOc1ccc(NC(=O)c2ccnc(C(=O)N3CCCCC3)c2)cc1. The molecule has 1 aliphatic heterocycles. The van der Waals surface area contributed by atoms with Gasteiger partial charge >= 0.3 is 0 Å². The van der Waals surface area contributed by atoms with Gasteiger partial charge in [-0.3, -0.25) is 14.6 Å². The smallest absolute Gasteiger partial charge is 0.272 e. The zero-order valence-electron chi connectivity index (χ0n) is 14.9. The number of carbonyl (C=O) groups is 2. The normalized spacial score (nSPS) is 14.0. The summed E-state index contributed by atoms with van der Waals surface area (Å²) >= 11 is 0. The van der Waals surface area contributed by atoms with Gasteiger partial charge in [-0.25, -0.2) is 0 Å². The zero-order valence-corrected chi connectivity index (χ0v) is 14.9. The van der Waals surface area contributed by atoms with Crippen LogP contribution < -0.4 is 10.1 Å². The average molecular weight is 353 g/mol. The fourth-order valence-corrected chi connectivity index (χ4v) is 2.95. The van der Waals surface area contributed by atoms with Crippen molar-refractivity contribution < 1.29 is 14.3 Å². The molecule has 0 radical (unpaired) electrons. The van der Waals surface area contributed by atoms with Crippen molar-refractivity contribution in [1.82, 2.24) is 9.88 Å². The Balaban J connectivity index is 1.68. The Kier molecular flexibility index (Phi) is 5.84. The molecule has 2 heterocycles. The molecular weight excluding hydrogens is 330 g/mol. The number of amides is 2. The first-order valence-corrected chi connectivity index (χ1v) is 8.97. The van der Waals surface area contributed by atoms with Crippen LogP contribution in [0.3, 0.4) is 0 Å². The summed E-state index contributed by atoms with van der Waals surface area (Å²) in [6.45, 7) is 4.02. The number of aromatic nitrogens is 1. The zero-order chi connectivity index (χ0) is 18.4. The molecule has 0 aliphatic carbocycles. The van der Waals surface area contributed by atoms with Crippen molar-refractivity contribution in [2.75, 3.05) is 25.0 Å². The molecule has 1 fully saturated rings. The van der Waals surface area contributed by atoms with Crippen LogP contribution in [-0.4, -0.2) is 41.4 Å². The van der Waals surface area contributed by atoms with Crippen molar-refractivity contribution in [3.05, 3.63) is 53.9 Å². The molecular formula is C20H23N3O3. The van der Waals surface area contributed by atoms with Crippen molar-refractivity contribution in [2.45, 2.75) is 26.2 Å². The summed E-state index contributed by atoms with van der Waals surface area (Å²) in [4.78, 5) is 31.0. The highest BCUT2D eigenvalue weighted by atomic mass is 16.5. The van der Waals surface area contributed by atoms with Crippen molar-refractivity contribution in [1.29, 1.82) is 0 Å². The van der Waals surface area contributed by atoms with Gasteiger partial charge in [-0.1, -0.05) is 0 Å². The van der Waals surface area contributed by atoms with Crippen LogP contribution in [0.5, 0.6) is 5.75 Å². The minimum absolute atomic E-state index is 0.111. The Morgan fingerprint density at radius 2 is 1.85 bits per heavy atom. The molecule has 0 unspecified atom stereocenters. The third kappa shape index (κ3) is 4.39. The number of nitrogens with zero attached hydrogens (tertiary/aromatic N) is 2. The second kappa shape index (κ2) is 8.47. The van der Waals surface area contributed by atoms with Crippen molar-refractivity contribution in [3.8, 4) is 5.75 Å². The summed E-state index contributed by atoms with van der Waals surface area (Å²) in [5.41, 5.74) is 1.39. The summed E-state index contributed by atoms with van der Waals surface area (Å²) in [5, 5.41) is 2.83. The topological polar surface area (TPSA) is 71.5 Å². The largest absolute Gasteiger partial charge is 0.494 e. The van der Waals surface area contributed by atoms with Crippen LogP contribution in [0.25, 0.3) is 0 Å². The summed E-state index contributed by atoms with van der Waals surface area (Å²) in [6.07, 6.45) is 4.69. The van der Waals surface area contributed by atoms with E-state index in [1.807, 2.05) is 6.92 Å². The van der Waals surface area contributed by atoms with E-state index in [0.717, 1.165) is 38.1 Å². The van der Waals surface area contributed by atoms with E-state index in [2.05, 4.69) is 10.3 Å². The van der Waals surface area contributed by atoms with Crippen LogP contribution >= 0.6 is 0 Å². The van der Waals surface area contributed by atoms with Crippen molar-refractivity contribution in [2.24, 2.45) is 0 Å². The number of rotatable bonds is 5. The van der Waals surface area contributed by atoms with Crippen LogP contribution in [0.1, 0.15) is 47.0 Å². The second-order valence-corrected chi connectivity index (χ2v) is 6.19. The lowest BCUT2D eigenvalue weighted by atomic mass is 10.1. The Labute approximate surface area is 153 Å². The third-order valence-electron chi connectivity index (χ3n) is 4.31. The van der Waals surface area contributed by atoms with E-state index in [1.54, 1.807) is 41.3 Å². The Morgan fingerprint density at radius 3 is 2.54 bits per heavy atom. The van der Waals surface area contributed by atoms with Gasteiger partial charge in [0.05, 0.1) is 6.61 Å². The van der Waals surface area contributed by atoms with E-state index in [4.69, 9.17) is 4.74 Å². The third-order valence-corrected chi connectivity index (χ3v) is 4.31. The number of anilines is 1. The molecule has 1 N–H and O–H groups in total. The Bertz CT molecular complexity index is 768. The highest BCUT2D eigenvalue weighted by Gasteiger charge is 2.20. The number of piperidine rings is 1. The lowest BCUT2D eigenvalue weighted by molar-refractivity contribution is 0.0718. The molecule has 0 bridgehead atoms. The quantitative estimate of drug-likeness (QED) is 0.895. The minimum Gasteiger partial charge on any atom is -0.494 e. The van der Waals surface area contributed by atoms with Crippen LogP contribution in [0, 0.1) is 0 Å². The average Bonchev–Trinajstić information content (AvgIpc) is 2.70. The molecule has 1 saturated heterocycles. The highest BCUT2D eigenvalue weighted by Crippen LogP contribution is 2.17. The first-order valence-electron chi connectivity index (χ1n) is 8.97. The molecule has 0 saturated carbocycles. The summed E-state index contributed by atoms with van der Waals surface area (Å²) < 4.78 is 5.39. The van der Waals surface area contributed by atoms with E-state index >= 15 is 0 Å². The van der Waals surface area contributed by atoms with Gasteiger partial charge in [0, 0.05) is 30.5 Å². The predicted octanol–water partition coefficient (Wildman–Crippen LogP) is 3.36. The van der Waals surface area contributed by atoms with Crippen molar-refractivity contribution in [3.63, 3.8) is 0 Å². The fraction of sp³-hybridized carbons (Fsp3) is 0.350. The van der Waals surface area contributed by atoms with Gasteiger partial charge in [-0.15, -0.1) is 0 Å². The molecule has 136 valence electrons. The first kappa shape index (κ1) is 17.9. The molecule has 1 aliphatic rings. The maximum Gasteiger partial charge on any atom is 0.272 e. The molecule has 0 spiro atoms. The monoisotopic (exact) mass is 353 g/mol. The van der Waals surface area contributed by atoms with E-state index in [0.29, 0.717) is 23.6 Å². The van der Waals surface area contributed by atoms with Gasteiger partial charge in [0.1, 0.15) is 11.4 Å². The first-order chi connectivity index (χ1) is 12.7. The number of pyridine rings is 1. The summed E-state index contributed by atoms with van der Waals surface area (Å²) in [7, 11) is 0. The van der Waals surface area contributed by atoms with Crippen LogP contribution in [0.15, 0.2) is 42.6 Å². The minimum atomic E-state index is -0.274. The van der Waals surface area contributed by atoms with Crippen LogP contribution in [0.4, 0.5) is 5.69 Å². The van der Waals surface area contributed by atoms with Gasteiger partial charge in [-0.05, 0) is 62.6 Å². The Hall–Kier alpha value is -2.89. The second-order valence-electron chi connectivity index (χ2n) is 6.19. The summed E-state index contributed by atoms with van der Waals surface area (Å²) in [5.74, 6) is 0.369. The molecule has 6 nitrogen and oxygen atoms in total. The van der Waals surface area contributed by atoms with E-state index in [9.17, 15) is 9.59 Å². The maximum atomic E-state index is 12.5. The number of hydrogen-bond donors (Lipinski definition) is 1. The Morgan fingerprint density at radius 1 is 1.12 bits per heavy atom. The maximum absolute atomic E-state index is 12.5. The number of carbonyl (C=O) groups excluding carboxylic acids is 2. The lowest BCUT2D eigenvalue weighted by Crippen LogP contribution is -2.36. The van der Waals surface area contributed by atoms with Gasteiger partial charge in [0.2, 0.25) is 0 Å². The fourth-order valence-electron chi connectivity index (χ4n) is 2.95. The van der Waals surface area contributed by atoms with Gasteiger partial charge in [0.15, 0.2) is 0 Å². The number of likely N-dealkylation sites (tertiary alicyclic amines) is 1.